The normalized spacial score (nSPS) is 12.8. The number of rotatable bonds is 5. The number of nitrogens with two attached hydrogens (primary N) is 1. The Balaban J connectivity index is 0.000000196. The minimum atomic E-state index is -4.32. The number of ketones is 1. The van der Waals surface area contributed by atoms with Crippen molar-refractivity contribution in [3.8, 4) is 0 Å². The number of alkyl halides is 3. The number of carbonyl (C=O) groups is 1. The van der Waals surface area contributed by atoms with E-state index in [1.54, 1.807) is 35.3 Å². The van der Waals surface area contributed by atoms with Crippen LogP contribution in [0.2, 0.25) is 0 Å². The van der Waals surface area contributed by atoms with Crippen LogP contribution >= 0.6 is 15.9 Å². The van der Waals surface area contributed by atoms with Crippen molar-refractivity contribution in [3.05, 3.63) is 110 Å². The van der Waals surface area contributed by atoms with Crippen LogP contribution < -0.4 is 5.84 Å². The zero-order valence-electron chi connectivity index (χ0n) is 18.0. The van der Waals surface area contributed by atoms with Crippen molar-refractivity contribution < 1.29 is 22.9 Å². The van der Waals surface area contributed by atoms with E-state index < -0.39 is 16.7 Å². The number of carbonyl (C=O) groups excluding carboxylic acids is 1. The molecule has 1 aliphatic heterocycles. The Kier molecular flexibility index (Phi) is 8.20. The Bertz CT molecular complexity index is 1240. The second kappa shape index (κ2) is 11.1. The second-order valence-electron chi connectivity index (χ2n) is 7.37. The molecule has 8 nitrogen and oxygen atoms in total. The highest BCUT2D eigenvalue weighted by Crippen LogP contribution is 2.30. The van der Waals surface area contributed by atoms with Crippen LogP contribution in [-0.2, 0) is 12.7 Å². The third kappa shape index (κ3) is 7.11. The highest BCUT2D eigenvalue weighted by molar-refractivity contribution is 9.10. The zero-order chi connectivity index (χ0) is 25.6. The Hall–Kier alpha value is -3.77. The van der Waals surface area contributed by atoms with Crippen LogP contribution in [0, 0.1) is 10.1 Å². The molecule has 0 fully saturated rings. The molecule has 4 rings (SSSR count). The highest BCUT2D eigenvalue weighted by atomic mass is 79.9. The van der Waals surface area contributed by atoms with E-state index in [0.29, 0.717) is 34.4 Å². The highest BCUT2D eigenvalue weighted by Gasteiger charge is 2.30. The van der Waals surface area contributed by atoms with Gasteiger partial charge in [0.1, 0.15) is 13.0 Å². The Labute approximate surface area is 206 Å². The molecule has 2 N–H and O–H groups in total. The van der Waals surface area contributed by atoms with Crippen LogP contribution in [0.1, 0.15) is 27.0 Å². The maximum atomic E-state index is 12.5. The number of nitro groups is 1. The van der Waals surface area contributed by atoms with Crippen molar-refractivity contribution in [1.29, 1.82) is 0 Å². The molecule has 0 radical (unpaired) electrons. The molecule has 0 saturated carbocycles. The first-order valence-electron chi connectivity index (χ1n) is 10.0. The second-order valence-corrected chi connectivity index (χ2v) is 8.22. The van der Waals surface area contributed by atoms with Gasteiger partial charge in [-0.05, 0) is 45.8 Å². The van der Waals surface area contributed by atoms with Crippen molar-refractivity contribution in [1.82, 2.24) is 10.0 Å². The molecule has 35 heavy (non-hydrogen) atoms. The van der Waals surface area contributed by atoms with Gasteiger partial charge in [0.25, 0.3) is 5.69 Å². The average Bonchev–Trinajstić information content (AvgIpc) is 3.23. The van der Waals surface area contributed by atoms with Gasteiger partial charge in [0.15, 0.2) is 5.78 Å². The van der Waals surface area contributed by atoms with Crippen LogP contribution in [-0.4, -0.2) is 33.7 Å². The SMILES string of the molecule is NN1C=NN(Cc2cccc(C(F)(F)F)c2)C1.O=C(c1ccccc1)c1ccc([N+](=O)[O-])c(Br)c1. The fourth-order valence-electron chi connectivity index (χ4n) is 3.10. The van der Waals surface area contributed by atoms with E-state index in [0.717, 1.165) is 12.1 Å². The van der Waals surface area contributed by atoms with Gasteiger partial charge in [-0.2, -0.15) is 18.3 Å². The molecule has 0 amide bonds. The van der Waals surface area contributed by atoms with Gasteiger partial charge >= 0.3 is 6.18 Å². The van der Waals surface area contributed by atoms with Gasteiger partial charge in [-0.15, -0.1) is 0 Å². The van der Waals surface area contributed by atoms with Crippen LogP contribution in [0.4, 0.5) is 18.9 Å². The van der Waals surface area contributed by atoms with Crippen LogP contribution in [0.3, 0.4) is 0 Å². The first kappa shape index (κ1) is 25.8. The minimum Gasteiger partial charge on any atom is -0.289 e. The zero-order valence-corrected chi connectivity index (χ0v) is 19.6. The number of nitrogens with zero attached hydrogens (tertiary/aromatic N) is 4. The smallest absolute Gasteiger partial charge is 0.289 e. The Morgan fingerprint density at radius 3 is 2.34 bits per heavy atom. The van der Waals surface area contributed by atoms with Crippen molar-refractivity contribution in [2.24, 2.45) is 10.9 Å². The van der Waals surface area contributed by atoms with E-state index in [1.807, 2.05) is 6.07 Å². The molecule has 0 bridgehead atoms. The first-order valence-corrected chi connectivity index (χ1v) is 10.8. The largest absolute Gasteiger partial charge is 0.416 e. The van der Waals surface area contributed by atoms with Gasteiger partial charge in [0.05, 0.1) is 21.5 Å². The van der Waals surface area contributed by atoms with E-state index in [9.17, 15) is 28.1 Å². The number of hydrogen-bond acceptors (Lipinski definition) is 7. The number of nitro benzene ring substituents is 1. The summed E-state index contributed by atoms with van der Waals surface area (Å²) in [6.45, 7) is 0.671. The topological polar surface area (TPSA) is 105 Å². The number of hydrogen-bond donors (Lipinski definition) is 1. The molecular weight excluding hydrogens is 531 g/mol. The summed E-state index contributed by atoms with van der Waals surface area (Å²) in [5.74, 6) is 5.28. The lowest BCUT2D eigenvalue weighted by Gasteiger charge is -2.16. The van der Waals surface area contributed by atoms with Crippen molar-refractivity contribution >= 4 is 33.7 Å². The summed E-state index contributed by atoms with van der Waals surface area (Å²) in [7, 11) is 0. The fraction of sp³-hybridized carbons (Fsp3) is 0.130. The van der Waals surface area contributed by atoms with Gasteiger partial charge in [-0.1, -0.05) is 42.5 Å². The lowest BCUT2D eigenvalue weighted by Crippen LogP contribution is -2.31. The van der Waals surface area contributed by atoms with Gasteiger partial charge < -0.3 is 0 Å². The van der Waals surface area contributed by atoms with Crippen molar-refractivity contribution in [3.63, 3.8) is 0 Å². The van der Waals surface area contributed by atoms with Gasteiger partial charge in [0.2, 0.25) is 0 Å². The molecule has 0 aliphatic carbocycles. The molecule has 182 valence electrons. The van der Waals surface area contributed by atoms with Gasteiger partial charge in [-0.25, -0.2) is 5.84 Å². The molecule has 0 aromatic heterocycles. The summed E-state index contributed by atoms with van der Waals surface area (Å²) >= 11 is 3.09. The third-order valence-electron chi connectivity index (χ3n) is 4.75. The molecule has 3 aromatic rings. The standard InChI is InChI=1S/C13H8BrNO3.C10H11F3N4/c14-11-8-10(6-7-12(11)15(17)18)13(16)9-4-2-1-3-5-9;11-10(12,13)9-3-1-2-8(4-9)5-17-7-16(14)6-15-17/h1-8H;1-4,6H,5,7,14H2. The molecule has 0 saturated heterocycles. The van der Waals surface area contributed by atoms with E-state index >= 15 is 0 Å². The summed E-state index contributed by atoms with van der Waals surface area (Å²) < 4.78 is 37.7. The van der Waals surface area contributed by atoms with E-state index in [2.05, 4.69) is 21.0 Å². The van der Waals surface area contributed by atoms with E-state index in [4.69, 9.17) is 5.84 Å². The molecule has 1 heterocycles. The molecule has 0 unspecified atom stereocenters. The number of hydrazine groups is 1. The van der Waals surface area contributed by atoms with Gasteiger partial charge in [-0.3, -0.25) is 24.9 Å². The van der Waals surface area contributed by atoms with Crippen molar-refractivity contribution in [2.45, 2.75) is 12.7 Å². The maximum Gasteiger partial charge on any atom is 0.416 e. The van der Waals surface area contributed by atoms with E-state index in [1.165, 1.54) is 35.6 Å². The monoisotopic (exact) mass is 549 g/mol. The minimum absolute atomic E-state index is 0.0559. The van der Waals surface area contributed by atoms with Crippen LogP contribution in [0.5, 0.6) is 0 Å². The summed E-state index contributed by atoms with van der Waals surface area (Å²) in [6, 6.07) is 18.2. The number of halogens is 4. The Morgan fingerprint density at radius 1 is 1.06 bits per heavy atom. The first-order chi connectivity index (χ1) is 16.5. The summed E-state index contributed by atoms with van der Waals surface area (Å²) in [6.07, 6.45) is -2.89. The van der Waals surface area contributed by atoms with Gasteiger partial charge in [0, 0.05) is 17.2 Å². The predicted octanol–water partition coefficient (Wildman–Crippen LogP) is 5.19. The predicted molar refractivity (Wildman–Crippen MR) is 127 cm³/mol. The summed E-state index contributed by atoms with van der Waals surface area (Å²) in [5.41, 5.74) is 0.812. The number of benzene rings is 3. The molecule has 0 atom stereocenters. The average molecular weight is 550 g/mol. The maximum absolute atomic E-state index is 12.5. The molecule has 3 aromatic carbocycles. The molecule has 0 spiro atoms. The quantitative estimate of drug-likeness (QED) is 0.203. The summed E-state index contributed by atoms with van der Waals surface area (Å²) in [4.78, 5) is 22.3. The van der Waals surface area contributed by atoms with Crippen LogP contribution in [0.25, 0.3) is 0 Å². The number of hydrazone groups is 1. The Morgan fingerprint density at radius 2 is 1.77 bits per heavy atom. The fourth-order valence-corrected chi connectivity index (χ4v) is 3.62. The van der Waals surface area contributed by atoms with Crippen LogP contribution in [0.15, 0.2) is 82.4 Å². The molecule has 1 aliphatic rings. The third-order valence-corrected chi connectivity index (χ3v) is 5.39. The van der Waals surface area contributed by atoms with E-state index in [-0.39, 0.29) is 11.5 Å². The summed E-state index contributed by atoms with van der Waals surface area (Å²) in [5, 5.41) is 17.5. The lowest BCUT2D eigenvalue weighted by molar-refractivity contribution is -0.385. The van der Waals surface area contributed by atoms with Crippen molar-refractivity contribution in [2.75, 3.05) is 6.67 Å². The molecule has 12 heteroatoms. The lowest BCUT2D eigenvalue weighted by atomic mass is 10.0. The molecular formula is C23H19BrF3N5O3.